The van der Waals surface area contributed by atoms with Gasteiger partial charge >= 0.3 is 11.9 Å². The highest BCUT2D eigenvalue weighted by atomic mass is 16.7. The Bertz CT molecular complexity index is 746. The number of benzene rings is 1. The molecule has 0 unspecified atom stereocenters. The number of esters is 2. The molecule has 5 N–H and O–H groups in total. The summed E-state index contributed by atoms with van der Waals surface area (Å²) in [5.74, 6) is -1.28. The SMILES string of the molecule is CC(=O)OC[C@H](COC(=O)/C=C/c1ccc(O)cc1)O[C@@H]1O[C@H](CO)[C@@H](O)[C@H](O)[C@H]1O. The summed E-state index contributed by atoms with van der Waals surface area (Å²) in [7, 11) is 0. The van der Waals surface area contributed by atoms with Gasteiger partial charge in [-0.2, -0.15) is 0 Å². The van der Waals surface area contributed by atoms with Crippen molar-refractivity contribution in [2.75, 3.05) is 19.8 Å². The maximum absolute atomic E-state index is 12.0. The molecule has 1 aromatic rings. The molecule has 1 aliphatic rings. The quantitative estimate of drug-likeness (QED) is 0.227. The van der Waals surface area contributed by atoms with E-state index in [1.807, 2.05) is 0 Å². The lowest BCUT2D eigenvalue weighted by Crippen LogP contribution is -2.60. The van der Waals surface area contributed by atoms with Crippen molar-refractivity contribution < 1.29 is 54.1 Å². The van der Waals surface area contributed by atoms with Crippen LogP contribution in [0.25, 0.3) is 6.08 Å². The molecule has 0 aromatic heterocycles. The number of phenols is 1. The highest BCUT2D eigenvalue weighted by Crippen LogP contribution is 2.23. The Morgan fingerprint density at radius 1 is 1.06 bits per heavy atom. The van der Waals surface area contributed by atoms with E-state index in [4.69, 9.17) is 18.9 Å². The predicted octanol–water partition coefficient (Wildman–Crippen LogP) is -1.30. The summed E-state index contributed by atoms with van der Waals surface area (Å²) in [6, 6.07) is 6.08. The standard InChI is InChI=1S/C20H26O11/c1-11(22)28-9-14(30-20-19(27)18(26)17(25)15(8-21)31-20)10-29-16(24)7-4-12-2-5-13(23)6-3-12/h2-7,14-15,17-21,23,25-27H,8-10H2,1H3/b7-4+/t14-,15-,17-,18+,19-,20-/m1/s1. The molecule has 2 rings (SSSR count). The second-order valence-electron chi connectivity index (χ2n) is 6.81. The van der Waals surface area contributed by atoms with Gasteiger partial charge in [0.15, 0.2) is 6.29 Å². The maximum atomic E-state index is 12.0. The van der Waals surface area contributed by atoms with Crippen LogP contribution in [0.2, 0.25) is 0 Å². The Kier molecular flexibility index (Phi) is 9.37. The van der Waals surface area contributed by atoms with Gasteiger partial charge in [0.25, 0.3) is 0 Å². The Morgan fingerprint density at radius 2 is 1.71 bits per heavy atom. The number of carbonyl (C=O) groups excluding carboxylic acids is 2. The summed E-state index contributed by atoms with van der Waals surface area (Å²) >= 11 is 0. The molecule has 0 amide bonds. The molecule has 6 atom stereocenters. The van der Waals surface area contributed by atoms with E-state index in [-0.39, 0.29) is 19.0 Å². The molecule has 0 saturated carbocycles. The predicted molar refractivity (Wildman–Crippen MR) is 103 cm³/mol. The fourth-order valence-corrected chi connectivity index (χ4v) is 2.68. The van der Waals surface area contributed by atoms with Crippen molar-refractivity contribution in [3.05, 3.63) is 35.9 Å². The van der Waals surface area contributed by atoms with Crippen LogP contribution in [0.4, 0.5) is 0 Å². The fraction of sp³-hybridized carbons (Fsp3) is 0.500. The van der Waals surface area contributed by atoms with Gasteiger partial charge in [-0.05, 0) is 23.8 Å². The monoisotopic (exact) mass is 442 g/mol. The zero-order valence-electron chi connectivity index (χ0n) is 16.7. The summed E-state index contributed by atoms with van der Waals surface area (Å²) in [6.07, 6.45) is -6.02. The van der Waals surface area contributed by atoms with E-state index in [0.717, 1.165) is 13.0 Å². The minimum absolute atomic E-state index is 0.0818. The van der Waals surface area contributed by atoms with Crippen molar-refractivity contribution >= 4 is 18.0 Å². The molecule has 11 heteroatoms. The zero-order chi connectivity index (χ0) is 23.0. The Labute approximate surface area is 178 Å². The molecule has 172 valence electrons. The number of rotatable bonds is 9. The summed E-state index contributed by atoms with van der Waals surface area (Å²) in [5.41, 5.74) is 0.642. The lowest BCUT2D eigenvalue weighted by atomic mass is 9.99. The number of carbonyl (C=O) groups is 2. The van der Waals surface area contributed by atoms with E-state index < -0.39 is 55.4 Å². The van der Waals surface area contributed by atoms with Crippen molar-refractivity contribution in [3.8, 4) is 5.75 Å². The summed E-state index contributed by atoms with van der Waals surface area (Å²) < 4.78 is 20.6. The highest BCUT2D eigenvalue weighted by Gasteiger charge is 2.45. The first-order valence-corrected chi connectivity index (χ1v) is 9.44. The van der Waals surface area contributed by atoms with Crippen molar-refractivity contribution in [3.63, 3.8) is 0 Å². The normalized spacial score (nSPS) is 27.1. The molecule has 1 aliphatic heterocycles. The van der Waals surface area contributed by atoms with Gasteiger partial charge in [0.2, 0.25) is 0 Å². The zero-order valence-corrected chi connectivity index (χ0v) is 16.7. The fourth-order valence-electron chi connectivity index (χ4n) is 2.68. The summed E-state index contributed by atoms with van der Waals surface area (Å²) in [5, 5.41) is 48.2. The maximum Gasteiger partial charge on any atom is 0.330 e. The van der Waals surface area contributed by atoms with Crippen molar-refractivity contribution in [1.82, 2.24) is 0 Å². The van der Waals surface area contributed by atoms with Gasteiger partial charge in [0.1, 0.15) is 49.5 Å². The number of hydrogen-bond acceptors (Lipinski definition) is 11. The lowest BCUT2D eigenvalue weighted by Gasteiger charge is -2.40. The minimum atomic E-state index is -1.66. The topological polar surface area (TPSA) is 172 Å². The Balaban J connectivity index is 1.96. The van der Waals surface area contributed by atoms with Crippen LogP contribution in [-0.2, 0) is 28.5 Å². The highest BCUT2D eigenvalue weighted by molar-refractivity contribution is 5.87. The van der Waals surface area contributed by atoms with Crippen LogP contribution in [-0.4, -0.2) is 94.1 Å². The molecule has 1 heterocycles. The third-order valence-corrected chi connectivity index (χ3v) is 4.36. The number of ether oxygens (including phenoxy) is 4. The average Bonchev–Trinajstić information content (AvgIpc) is 2.75. The van der Waals surface area contributed by atoms with Crippen LogP contribution in [0.3, 0.4) is 0 Å². The summed E-state index contributed by atoms with van der Waals surface area (Å²) in [4.78, 5) is 23.1. The lowest BCUT2D eigenvalue weighted by molar-refractivity contribution is -0.315. The molecule has 11 nitrogen and oxygen atoms in total. The molecule has 31 heavy (non-hydrogen) atoms. The van der Waals surface area contributed by atoms with E-state index in [9.17, 15) is 35.1 Å². The van der Waals surface area contributed by atoms with Gasteiger partial charge in [-0.1, -0.05) is 12.1 Å². The largest absolute Gasteiger partial charge is 0.508 e. The number of aliphatic hydroxyl groups is 4. The molecule has 1 saturated heterocycles. The second kappa shape index (κ2) is 11.7. The molecular formula is C20H26O11. The van der Waals surface area contributed by atoms with Crippen LogP contribution in [0, 0.1) is 0 Å². The summed E-state index contributed by atoms with van der Waals surface area (Å²) in [6.45, 7) is -0.214. The minimum Gasteiger partial charge on any atom is -0.508 e. The number of aromatic hydroxyl groups is 1. The molecule has 0 bridgehead atoms. The molecule has 1 fully saturated rings. The first-order chi connectivity index (χ1) is 14.7. The first-order valence-electron chi connectivity index (χ1n) is 9.44. The van der Waals surface area contributed by atoms with E-state index in [0.29, 0.717) is 5.56 Å². The third-order valence-electron chi connectivity index (χ3n) is 4.36. The number of aliphatic hydroxyl groups excluding tert-OH is 4. The van der Waals surface area contributed by atoms with Crippen LogP contribution >= 0.6 is 0 Å². The van der Waals surface area contributed by atoms with Crippen molar-refractivity contribution in [2.45, 2.75) is 43.7 Å². The van der Waals surface area contributed by atoms with Crippen LogP contribution in [0.1, 0.15) is 12.5 Å². The smallest absolute Gasteiger partial charge is 0.330 e. The third kappa shape index (κ3) is 7.58. The molecule has 0 radical (unpaired) electrons. The van der Waals surface area contributed by atoms with E-state index >= 15 is 0 Å². The van der Waals surface area contributed by atoms with E-state index in [2.05, 4.69) is 0 Å². The van der Waals surface area contributed by atoms with Gasteiger partial charge in [-0.15, -0.1) is 0 Å². The van der Waals surface area contributed by atoms with Crippen molar-refractivity contribution in [1.29, 1.82) is 0 Å². The average molecular weight is 442 g/mol. The molecule has 0 spiro atoms. The van der Waals surface area contributed by atoms with Gasteiger partial charge in [0, 0.05) is 13.0 Å². The van der Waals surface area contributed by atoms with Crippen LogP contribution in [0.15, 0.2) is 30.3 Å². The van der Waals surface area contributed by atoms with Gasteiger partial charge in [-0.3, -0.25) is 4.79 Å². The first kappa shape index (κ1) is 24.7. The number of phenolic OH excluding ortho intramolecular Hbond substituents is 1. The van der Waals surface area contributed by atoms with E-state index in [1.54, 1.807) is 12.1 Å². The molecular weight excluding hydrogens is 416 g/mol. The van der Waals surface area contributed by atoms with Gasteiger partial charge in [0.05, 0.1) is 6.61 Å². The van der Waals surface area contributed by atoms with Crippen LogP contribution in [0.5, 0.6) is 5.75 Å². The number of hydrogen-bond donors (Lipinski definition) is 5. The van der Waals surface area contributed by atoms with E-state index in [1.165, 1.54) is 18.2 Å². The Morgan fingerprint density at radius 3 is 2.32 bits per heavy atom. The van der Waals surface area contributed by atoms with Crippen molar-refractivity contribution in [2.24, 2.45) is 0 Å². The van der Waals surface area contributed by atoms with Gasteiger partial charge in [-0.25, -0.2) is 4.79 Å². The molecule has 0 aliphatic carbocycles. The molecule has 1 aromatic carbocycles. The van der Waals surface area contributed by atoms with Crippen LogP contribution < -0.4 is 0 Å². The second-order valence-corrected chi connectivity index (χ2v) is 6.81. The van der Waals surface area contributed by atoms with Gasteiger partial charge < -0.3 is 44.5 Å². The Hall–Kier alpha value is -2.54.